The summed E-state index contributed by atoms with van der Waals surface area (Å²) < 4.78 is 27.0. The van der Waals surface area contributed by atoms with E-state index in [1.807, 2.05) is 30.3 Å². The number of benzene rings is 1. The molecule has 0 radical (unpaired) electrons. The maximum Gasteiger partial charge on any atom is 0.264 e. The summed E-state index contributed by atoms with van der Waals surface area (Å²) in [5, 5.41) is 0. The predicted molar refractivity (Wildman–Crippen MR) is 60.4 cm³/mol. The summed E-state index contributed by atoms with van der Waals surface area (Å²) in [6.07, 6.45) is 1.02. The number of rotatable bonds is 5. The van der Waals surface area contributed by atoms with Crippen LogP contribution in [0.2, 0.25) is 0 Å². The molecule has 0 heterocycles. The molecule has 5 heteroatoms. The second-order valence-corrected chi connectivity index (χ2v) is 5.16. The molecule has 3 nitrogen and oxygen atoms in total. The van der Waals surface area contributed by atoms with Gasteiger partial charge >= 0.3 is 0 Å². The maximum absolute atomic E-state index is 11.0. The quantitative estimate of drug-likeness (QED) is 0.593. The van der Waals surface area contributed by atoms with Crippen LogP contribution in [-0.2, 0) is 14.3 Å². The number of hydrogen-bond donors (Lipinski definition) is 0. The van der Waals surface area contributed by atoms with E-state index in [1.54, 1.807) is 0 Å². The van der Waals surface area contributed by atoms with E-state index in [0.717, 1.165) is 11.8 Å². The molecule has 0 fully saturated rings. The number of hydrogen-bond acceptors (Lipinski definition) is 3. The molecule has 15 heavy (non-hydrogen) atoms. The third-order valence-corrected chi connectivity index (χ3v) is 2.63. The highest BCUT2D eigenvalue weighted by Crippen LogP contribution is 2.23. The second kappa shape index (κ2) is 5.49. The SMILES string of the molecule is CS(=O)(=O)O[C@H](CCCl)c1ccccc1. The lowest BCUT2D eigenvalue weighted by Gasteiger charge is -2.15. The summed E-state index contributed by atoms with van der Waals surface area (Å²) >= 11 is 5.60. The molecule has 0 aliphatic heterocycles. The third kappa shape index (κ3) is 4.64. The molecule has 0 saturated heterocycles. The van der Waals surface area contributed by atoms with Gasteiger partial charge in [-0.2, -0.15) is 8.42 Å². The lowest BCUT2D eigenvalue weighted by molar-refractivity contribution is 0.212. The van der Waals surface area contributed by atoms with Gasteiger partial charge in [-0.05, 0) is 12.0 Å². The first kappa shape index (κ1) is 12.5. The molecule has 1 aromatic carbocycles. The molecule has 0 saturated carbocycles. The Hall–Kier alpha value is -0.580. The predicted octanol–water partition coefficient (Wildman–Crippen LogP) is 2.33. The Kier molecular flexibility index (Phi) is 4.57. The first-order valence-corrected chi connectivity index (χ1v) is 6.87. The van der Waals surface area contributed by atoms with Crippen molar-refractivity contribution in [3.05, 3.63) is 35.9 Å². The van der Waals surface area contributed by atoms with E-state index in [2.05, 4.69) is 0 Å². The van der Waals surface area contributed by atoms with Crippen LogP contribution in [0.3, 0.4) is 0 Å². The summed E-state index contributed by atoms with van der Waals surface area (Å²) in [5.41, 5.74) is 0.823. The summed E-state index contributed by atoms with van der Waals surface area (Å²) in [6, 6.07) is 9.18. The van der Waals surface area contributed by atoms with Crippen LogP contribution in [0.4, 0.5) is 0 Å². The fraction of sp³-hybridized carbons (Fsp3) is 0.400. The molecule has 84 valence electrons. The van der Waals surface area contributed by atoms with Gasteiger partial charge in [0, 0.05) is 5.88 Å². The van der Waals surface area contributed by atoms with Gasteiger partial charge in [0.15, 0.2) is 0 Å². The molecular formula is C10H13ClO3S. The van der Waals surface area contributed by atoms with Crippen molar-refractivity contribution in [2.45, 2.75) is 12.5 Å². The number of alkyl halides is 1. The van der Waals surface area contributed by atoms with E-state index in [4.69, 9.17) is 15.8 Å². The minimum absolute atomic E-state index is 0.356. The van der Waals surface area contributed by atoms with Crippen molar-refractivity contribution < 1.29 is 12.6 Å². The van der Waals surface area contributed by atoms with Gasteiger partial charge in [0.2, 0.25) is 0 Å². The molecule has 0 N–H and O–H groups in total. The summed E-state index contributed by atoms with van der Waals surface area (Å²) in [5.74, 6) is 0.356. The van der Waals surface area contributed by atoms with E-state index < -0.39 is 16.2 Å². The minimum atomic E-state index is -3.45. The molecule has 0 bridgehead atoms. The van der Waals surface area contributed by atoms with Crippen molar-refractivity contribution in [1.82, 2.24) is 0 Å². The van der Waals surface area contributed by atoms with E-state index in [9.17, 15) is 8.42 Å². The second-order valence-electron chi connectivity index (χ2n) is 3.18. The lowest BCUT2D eigenvalue weighted by atomic mass is 10.1. The normalized spacial score (nSPS) is 13.7. The van der Waals surface area contributed by atoms with Crippen LogP contribution >= 0.6 is 11.6 Å². The fourth-order valence-electron chi connectivity index (χ4n) is 1.25. The minimum Gasteiger partial charge on any atom is -0.262 e. The zero-order valence-electron chi connectivity index (χ0n) is 8.39. The van der Waals surface area contributed by atoms with E-state index in [1.165, 1.54) is 0 Å². The Labute approximate surface area is 95.1 Å². The largest absolute Gasteiger partial charge is 0.264 e. The van der Waals surface area contributed by atoms with E-state index in [0.29, 0.717) is 12.3 Å². The molecule has 0 aromatic heterocycles. The highest BCUT2D eigenvalue weighted by atomic mass is 35.5. The molecule has 0 aliphatic rings. The van der Waals surface area contributed by atoms with Crippen molar-refractivity contribution in [3.8, 4) is 0 Å². The summed E-state index contributed by atoms with van der Waals surface area (Å²) in [4.78, 5) is 0. The van der Waals surface area contributed by atoms with Gasteiger partial charge in [0.1, 0.15) is 6.10 Å². The molecule has 1 aromatic rings. The highest BCUT2D eigenvalue weighted by Gasteiger charge is 2.16. The summed E-state index contributed by atoms with van der Waals surface area (Å²) in [7, 11) is -3.45. The Morgan fingerprint density at radius 1 is 1.33 bits per heavy atom. The van der Waals surface area contributed by atoms with Crippen LogP contribution in [0, 0.1) is 0 Å². The highest BCUT2D eigenvalue weighted by molar-refractivity contribution is 7.86. The van der Waals surface area contributed by atoms with Gasteiger partial charge in [-0.3, -0.25) is 4.18 Å². The Morgan fingerprint density at radius 3 is 2.40 bits per heavy atom. The average Bonchev–Trinajstić information content (AvgIpc) is 2.17. The van der Waals surface area contributed by atoms with E-state index >= 15 is 0 Å². The van der Waals surface area contributed by atoms with Crippen molar-refractivity contribution in [2.75, 3.05) is 12.1 Å². The Balaban J connectivity index is 2.84. The van der Waals surface area contributed by atoms with Crippen LogP contribution in [0.25, 0.3) is 0 Å². The Bertz CT molecular complexity index is 388. The molecule has 0 spiro atoms. The monoisotopic (exact) mass is 248 g/mol. The van der Waals surface area contributed by atoms with Crippen molar-refractivity contribution >= 4 is 21.7 Å². The molecule has 0 aliphatic carbocycles. The first-order chi connectivity index (χ1) is 7.03. The zero-order chi connectivity index (χ0) is 11.3. The van der Waals surface area contributed by atoms with Crippen molar-refractivity contribution in [3.63, 3.8) is 0 Å². The molecule has 0 amide bonds. The van der Waals surface area contributed by atoms with Crippen LogP contribution in [0.5, 0.6) is 0 Å². The fourth-order valence-corrected chi connectivity index (χ4v) is 2.08. The number of halogens is 1. The van der Waals surface area contributed by atoms with E-state index in [-0.39, 0.29) is 0 Å². The topological polar surface area (TPSA) is 43.4 Å². The molecular weight excluding hydrogens is 236 g/mol. The van der Waals surface area contributed by atoms with Gasteiger partial charge in [-0.1, -0.05) is 30.3 Å². The molecule has 1 rings (SSSR count). The molecule has 0 unspecified atom stereocenters. The smallest absolute Gasteiger partial charge is 0.262 e. The van der Waals surface area contributed by atoms with Crippen LogP contribution in [-0.4, -0.2) is 20.6 Å². The van der Waals surface area contributed by atoms with Gasteiger partial charge in [-0.25, -0.2) is 0 Å². The first-order valence-electron chi connectivity index (χ1n) is 4.52. The summed E-state index contributed by atoms with van der Waals surface area (Å²) in [6.45, 7) is 0. The van der Waals surface area contributed by atoms with Gasteiger partial charge in [0.25, 0.3) is 10.1 Å². The molecule has 1 atom stereocenters. The van der Waals surface area contributed by atoms with Crippen LogP contribution < -0.4 is 0 Å². The van der Waals surface area contributed by atoms with Crippen LogP contribution in [0.1, 0.15) is 18.1 Å². The Morgan fingerprint density at radius 2 is 1.93 bits per heavy atom. The maximum atomic E-state index is 11.0. The van der Waals surface area contributed by atoms with Crippen LogP contribution in [0.15, 0.2) is 30.3 Å². The lowest BCUT2D eigenvalue weighted by Crippen LogP contribution is -2.11. The van der Waals surface area contributed by atoms with Gasteiger partial charge in [0.05, 0.1) is 6.26 Å². The average molecular weight is 249 g/mol. The van der Waals surface area contributed by atoms with Gasteiger partial charge < -0.3 is 0 Å². The van der Waals surface area contributed by atoms with Gasteiger partial charge in [-0.15, -0.1) is 11.6 Å². The van der Waals surface area contributed by atoms with Crippen molar-refractivity contribution in [1.29, 1.82) is 0 Å². The zero-order valence-corrected chi connectivity index (χ0v) is 9.96. The van der Waals surface area contributed by atoms with Crippen molar-refractivity contribution in [2.24, 2.45) is 0 Å². The third-order valence-electron chi connectivity index (χ3n) is 1.83. The standard InChI is InChI=1S/C10H13ClO3S/c1-15(12,13)14-10(7-8-11)9-5-3-2-4-6-9/h2-6,10H,7-8H2,1H3/t10-/m1/s1.